The van der Waals surface area contributed by atoms with E-state index in [1.54, 1.807) is 31.2 Å². The molecule has 0 aliphatic heterocycles. The summed E-state index contributed by atoms with van der Waals surface area (Å²) >= 11 is 0. The van der Waals surface area contributed by atoms with Crippen LogP contribution in [0.25, 0.3) is 0 Å². The lowest BCUT2D eigenvalue weighted by Crippen LogP contribution is -2.23. The first-order valence-electron chi connectivity index (χ1n) is 5.80. The second kappa shape index (κ2) is 8.49. The van der Waals surface area contributed by atoms with Gasteiger partial charge in [0.2, 0.25) is 0 Å². The number of aliphatic hydroxyl groups is 2. The summed E-state index contributed by atoms with van der Waals surface area (Å²) in [6.45, 7) is 3.88. The van der Waals surface area contributed by atoms with Crippen LogP contribution >= 0.6 is 0 Å². The fourth-order valence-corrected chi connectivity index (χ4v) is 1.10. The third-order valence-electron chi connectivity index (χ3n) is 2.16. The highest BCUT2D eigenvalue weighted by molar-refractivity contribution is 5.56. The molecule has 5 nitrogen and oxygen atoms in total. The van der Waals surface area contributed by atoms with Gasteiger partial charge >= 0.3 is 6.16 Å². The molecule has 0 saturated heterocycles. The van der Waals surface area contributed by atoms with Crippen LogP contribution in [-0.2, 0) is 10.5 Å². The molecule has 0 aliphatic carbocycles. The van der Waals surface area contributed by atoms with Gasteiger partial charge in [-0.05, 0) is 6.42 Å². The van der Waals surface area contributed by atoms with Crippen LogP contribution in [0, 0.1) is 0 Å². The van der Waals surface area contributed by atoms with Crippen molar-refractivity contribution in [1.29, 1.82) is 0 Å². The van der Waals surface area contributed by atoms with Crippen molar-refractivity contribution in [2.24, 2.45) is 0 Å². The molecule has 5 heteroatoms. The lowest BCUT2D eigenvalue weighted by atomic mass is 10.0. The fourth-order valence-electron chi connectivity index (χ4n) is 1.10. The molecule has 0 atom stereocenters. The summed E-state index contributed by atoms with van der Waals surface area (Å²) in [5.74, 6) is -1.67. The minimum atomic E-state index is -1.67. The van der Waals surface area contributed by atoms with Crippen molar-refractivity contribution in [1.82, 2.24) is 0 Å². The molecule has 0 saturated carbocycles. The topological polar surface area (TPSA) is 87.0 Å². The summed E-state index contributed by atoms with van der Waals surface area (Å²) in [5, 5.41) is 26.5. The maximum atomic E-state index is 9.54. The Morgan fingerprint density at radius 3 is 2.11 bits per heavy atom. The van der Waals surface area contributed by atoms with Crippen molar-refractivity contribution in [3.8, 4) is 0 Å². The number of ether oxygens (including phenoxy) is 1. The van der Waals surface area contributed by atoms with Gasteiger partial charge in [-0.15, -0.1) is 0 Å². The van der Waals surface area contributed by atoms with Crippen LogP contribution in [0.5, 0.6) is 0 Å². The smallest absolute Gasteiger partial charge is 0.450 e. The molecule has 0 radical (unpaired) electrons. The minimum absolute atomic E-state index is 0.301. The van der Waals surface area contributed by atoms with E-state index in [0.29, 0.717) is 18.6 Å². The highest BCUT2D eigenvalue weighted by atomic mass is 16.7. The SMILES string of the molecule is CCC(O)(O)c1ccccc1.CCCOC(=O)O. The van der Waals surface area contributed by atoms with Gasteiger partial charge < -0.3 is 20.1 Å². The van der Waals surface area contributed by atoms with Gasteiger partial charge in [-0.25, -0.2) is 4.79 Å². The molecule has 1 rings (SSSR count). The zero-order valence-electron chi connectivity index (χ0n) is 10.7. The Hall–Kier alpha value is -1.59. The fraction of sp³-hybridized carbons (Fsp3) is 0.462. The summed E-state index contributed by atoms with van der Waals surface area (Å²) in [4.78, 5) is 9.54. The van der Waals surface area contributed by atoms with E-state index in [4.69, 9.17) is 5.11 Å². The average molecular weight is 256 g/mol. The molecule has 0 heterocycles. The molecule has 0 spiro atoms. The Morgan fingerprint density at radius 2 is 1.78 bits per heavy atom. The van der Waals surface area contributed by atoms with Gasteiger partial charge in [0.15, 0.2) is 5.79 Å². The highest BCUT2D eigenvalue weighted by Gasteiger charge is 2.21. The van der Waals surface area contributed by atoms with E-state index in [0.717, 1.165) is 6.42 Å². The molecule has 18 heavy (non-hydrogen) atoms. The number of carboxylic acid groups (broad SMARTS) is 1. The van der Waals surface area contributed by atoms with Crippen molar-refractivity contribution in [3.05, 3.63) is 35.9 Å². The van der Waals surface area contributed by atoms with Crippen molar-refractivity contribution in [2.45, 2.75) is 32.5 Å². The van der Waals surface area contributed by atoms with Gasteiger partial charge in [-0.2, -0.15) is 0 Å². The first-order valence-corrected chi connectivity index (χ1v) is 5.80. The molecule has 1 aromatic carbocycles. The summed E-state index contributed by atoms with van der Waals surface area (Å²) < 4.78 is 4.11. The predicted molar refractivity (Wildman–Crippen MR) is 67.1 cm³/mol. The van der Waals surface area contributed by atoms with Crippen LogP contribution in [0.3, 0.4) is 0 Å². The third-order valence-corrected chi connectivity index (χ3v) is 2.16. The number of rotatable bonds is 4. The van der Waals surface area contributed by atoms with E-state index in [1.165, 1.54) is 0 Å². The molecule has 0 fully saturated rings. The monoisotopic (exact) mass is 256 g/mol. The second-order valence-corrected chi connectivity index (χ2v) is 3.65. The maximum absolute atomic E-state index is 9.54. The minimum Gasteiger partial charge on any atom is -0.450 e. The molecule has 1 aromatic rings. The van der Waals surface area contributed by atoms with E-state index in [1.807, 2.05) is 13.0 Å². The number of carbonyl (C=O) groups is 1. The summed E-state index contributed by atoms with van der Waals surface area (Å²) in [7, 11) is 0. The summed E-state index contributed by atoms with van der Waals surface area (Å²) in [5.41, 5.74) is 0.544. The second-order valence-electron chi connectivity index (χ2n) is 3.65. The molecule has 0 unspecified atom stereocenters. The highest BCUT2D eigenvalue weighted by Crippen LogP contribution is 2.20. The Balaban J connectivity index is 0.000000360. The summed E-state index contributed by atoms with van der Waals surface area (Å²) in [6.07, 6.45) is -0.148. The number of hydrogen-bond acceptors (Lipinski definition) is 4. The number of benzene rings is 1. The van der Waals surface area contributed by atoms with Gasteiger partial charge in [0, 0.05) is 12.0 Å². The largest absolute Gasteiger partial charge is 0.505 e. The molecular formula is C13H20O5. The van der Waals surface area contributed by atoms with Gasteiger partial charge in [-0.1, -0.05) is 44.2 Å². The standard InChI is InChI=1S/C9H12O2.C4H8O3/c1-2-9(10,11)8-6-4-3-5-7-8;1-2-3-7-4(5)6/h3-7,10-11H,2H2,1H3;2-3H2,1H3,(H,5,6). The average Bonchev–Trinajstić information content (AvgIpc) is 2.38. The lowest BCUT2D eigenvalue weighted by molar-refractivity contribution is -0.171. The van der Waals surface area contributed by atoms with Gasteiger partial charge in [-0.3, -0.25) is 0 Å². The maximum Gasteiger partial charge on any atom is 0.505 e. The van der Waals surface area contributed by atoms with Gasteiger partial charge in [0.25, 0.3) is 0 Å². The molecule has 102 valence electrons. The normalized spacial score (nSPS) is 10.2. The zero-order valence-corrected chi connectivity index (χ0v) is 10.7. The van der Waals surface area contributed by atoms with Crippen LogP contribution in [0.1, 0.15) is 32.3 Å². The Morgan fingerprint density at radius 1 is 1.22 bits per heavy atom. The van der Waals surface area contributed by atoms with Crippen LogP contribution < -0.4 is 0 Å². The van der Waals surface area contributed by atoms with Gasteiger partial charge in [0.1, 0.15) is 0 Å². The van der Waals surface area contributed by atoms with Crippen LogP contribution in [-0.4, -0.2) is 28.1 Å². The Bertz CT molecular complexity index is 334. The molecule has 0 aromatic heterocycles. The molecule has 0 bridgehead atoms. The molecular weight excluding hydrogens is 236 g/mol. The Kier molecular flexibility index (Phi) is 7.74. The van der Waals surface area contributed by atoms with E-state index in [-0.39, 0.29) is 0 Å². The summed E-state index contributed by atoms with van der Waals surface area (Å²) in [6, 6.07) is 8.81. The third kappa shape index (κ3) is 6.88. The van der Waals surface area contributed by atoms with Crippen molar-refractivity contribution < 1.29 is 24.9 Å². The molecule has 0 aliphatic rings. The first-order chi connectivity index (χ1) is 8.44. The van der Waals surface area contributed by atoms with Crippen LogP contribution in [0.4, 0.5) is 4.79 Å². The molecule has 3 N–H and O–H groups in total. The Labute approximate surface area is 107 Å². The first kappa shape index (κ1) is 16.4. The van der Waals surface area contributed by atoms with E-state index >= 15 is 0 Å². The molecule has 0 amide bonds. The van der Waals surface area contributed by atoms with Crippen molar-refractivity contribution in [2.75, 3.05) is 6.61 Å². The van der Waals surface area contributed by atoms with Crippen LogP contribution in [0.2, 0.25) is 0 Å². The quantitative estimate of drug-likeness (QED) is 0.568. The van der Waals surface area contributed by atoms with Gasteiger partial charge in [0.05, 0.1) is 6.61 Å². The zero-order chi connectivity index (χ0) is 14.0. The van der Waals surface area contributed by atoms with Crippen molar-refractivity contribution >= 4 is 6.16 Å². The van der Waals surface area contributed by atoms with E-state index in [2.05, 4.69) is 4.74 Å². The van der Waals surface area contributed by atoms with E-state index < -0.39 is 11.9 Å². The lowest BCUT2D eigenvalue weighted by Gasteiger charge is -2.19. The number of hydrogen-bond donors (Lipinski definition) is 3. The predicted octanol–water partition coefficient (Wildman–Crippen LogP) is 2.32. The van der Waals surface area contributed by atoms with E-state index in [9.17, 15) is 15.0 Å². The van der Waals surface area contributed by atoms with Crippen LogP contribution in [0.15, 0.2) is 30.3 Å². The van der Waals surface area contributed by atoms with Crippen molar-refractivity contribution in [3.63, 3.8) is 0 Å².